The van der Waals surface area contributed by atoms with Crippen LogP contribution >= 0.6 is 0 Å². The van der Waals surface area contributed by atoms with Crippen LogP contribution in [0.4, 0.5) is 11.4 Å². The van der Waals surface area contributed by atoms with Crippen molar-refractivity contribution in [2.75, 3.05) is 17.3 Å². The minimum atomic E-state index is -0.429. The number of hydrogen-bond donors (Lipinski definition) is 1. The van der Waals surface area contributed by atoms with Gasteiger partial charge in [0.2, 0.25) is 5.91 Å². The van der Waals surface area contributed by atoms with Crippen molar-refractivity contribution in [3.63, 3.8) is 0 Å². The van der Waals surface area contributed by atoms with Crippen molar-refractivity contribution in [3.05, 3.63) is 95.5 Å². The number of hydrogen-bond acceptors (Lipinski definition) is 6. The molecule has 8 nitrogen and oxygen atoms in total. The minimum absolute atomic E-state index is 0.0928. The van der Waals surface area contributed by atoms with Crippen molar-refractivity contribution >= 4 is 29.1 Å². The van der Waals surface area contributed by atoms with Crippen molar-refractivity contribution in [1.29, 1.82) is 0 Å². The van der Waals surface area contributed by atoms with Gasteiger partial charge in [0.05, 0.1) is 25.4 Å². The summed E-state index contributed by atoms with van der Waals surface area (Å²) >= 11 is 0. The van der Waals surface area contributed by atoms with Crippen molar-refractivity contribution < 1.29 is 23.5 Å². The molecule has 0 saturated heterocycles. The number of aromatic nitrogens is 1. The Balaban J connectivity index is 1.43. The highest BCUT2D eigenvalue weighted by Gasteiger charge is 2.33. The zero-order valence-corrected chi connectivity index (χ0v) is 19.1. The summed E-state index contributed by atoms with van der Waals surface area (Å²) in [5, 5.41) is 2.85. The smallest absolute Gasteiger partial charge is 0.265 e. The maximum atomic E-state index is 13.3. The van der Waals surface area contributed by atoms with Crippen LogP contribution in [-0.4, -0.2) is 29.8 Å². The number of oxazole rings is 1. The normalized spacial score (nSPS) is 12.9. The topological polar surface area (TPSA) is 102 Å². The average molecular weight is 467 g/mol. The monoisotopic (exact) mass is 467 g/mol. The number of carbonyl (C=O) groups is 3. The third-order valence-electron chi connectivity index (χ3n) is 5.89. The second kappa shape index (κ2) is 8.90. The van der Waals surface area contributed by atoms with Gasteiger partial charge in [-0.15, -0.1) is 0 Å². The summed E-state index contributed by atoms with van der Waals surface area (Å²) < 4.78 is 10.6. The summed E-state index contributed by atoms with van der Waals surface area (Å²) in [5.74, 6) is -0.0129. The zero-order chi connectivity index (χ0) is 24.5. The molecular formula is C27H21N3O5. The van der Waals surface area contributed by atoms with E-state index in [1.807, 2.05) is 13.0 Å². The highest BCUT2D eigenvalue weighted by Crippen LogP contribution is 2.32. The second-order valence-electron chi connectivity index (χ2n) is 8.14. The average Bonchev–Trinajstić information content (AvgIpc) is 3.41. The molecule has 0 aliphatic carbocycles. The lowest BCUT2D eigenvalue weighted by Gasteiger charge is -2.28. The molecule has 3 amide bonds. The lowest BCUT2D eigenvalue weighted by atomic mass is 9.97. The Bertz CT molecular complexity index is 1460. The van der Waals surface area contributed by atoms with Crippen LogP contribution in [-0.2, 0) is 11.2 Å². The highest BCUT2D eigenvalue weighted by atomic mass is 16.5. The second-order valence-corrected chi connectivity index (χ2v) is 8.14. The van der Waals surface area contributed by atoms with E-state index in [4.69, 9.17) is 9.15 Å². The molecule has 1 aliphatic rings. The molecule has 1 N–H and O–H groups in total. The molecule has 1 aliphatic heterocycles. The van der Waals surface area contributed by atoms with Gasteiger partial charge in [-0.25, -0.2) is 9.88 Å². The van der Waals surface area contributed by atoms with Crippen molar-refractivity contribution in [2.45, 2.75) is 13.3 Å². The number of ether oxygens (including phenoxy) is 1. The fraction of sp³-hybridized carbons (Fsp3) is 0.111. The van der Waals surface area contributed by atoms with Gasteiger partial charge in [0.1, 0.15) is 5.75 Å². The van der Waals surface area contributed by atoms with Crippen molar-refractivity contribution in [2.24, 2.45) is 0 Å². The first kappa shape index (κ1) is 22.1. The molecule has 174 valence electrons. The van der Waals surface area contributed by atoms with E-state index in [0.29, 0.717) is 39.6 Å². The maximum Gasteiger partial charge on any atom is 0.265 e. The Morgan fingerprint density at radius 2 is 1.94 bits per heavy atom. The number of benzene rings is 3. The Morgan fingerprint density at radius 1 is 1.09 bits per heavy atom. The first-order valence-corrected chi connectivity index (χ1v) is 10.9. The molecule has 5 rings (SSSR count). The standard InChI is InChI=1S/C27H21N3O5/c1-16-6-8-20(29-26(32)19-5-3-4-18(10-19)24-14-28-15-35-24)12-23(16)30-25(31)11-17-7-9-21(34-2)13-22(17)27(30)33/h3-10,12-15H,11H2,1-2H3,(H,29,32). The molecule has 3 aromatic carbocycles. The summed E-state index contributed by atoms with van der Waals surface area (Å²) in [6.45, 7) is 1.81. The van der Waals surface area contributed by atoms with E-state index >= 15 is 0 Å². The van der Waals surface area contributed by atoms with Crippen LogP contribution in [0.15, 0.2) is 77.7 Å². The van der Waals surface area contributed by atoms with Gasteiger partial charge < -0.3 is 14.5 Å². The fourth-order valence-electron chi connectivity index (χ4n) is 4.06. The van der Waals surface area contributed by atoms with Gasteiger partial charge in [-0.1, -0.05) is 24.3 Å². The number of methoxy groups -OCH3 is 1. The van der Waals surface area contributed by atoms with Gasteiger partial charge in [-0.05, 0) is 54.4 Å². The predicted molar refractivity (Wildman–Crippen MR) is 130 cm³/mol. The van der Waals surface area contributed by atoms with Gasteiger partial charge >= 0.3 is 0 Å². The first-order chi connectivity index (χ1) is 16.9. The SMILES string of the molecule is COc1ccc2c(c1)C(=O)N(c1cc(NC(=O)c3cccc(-c4cnco4)c3)ccc1C)C(=O)C2. The molecule has 0 atom stereocenters. The maximum absolute atomic E-state index is 13.3. The highest BCUT2D eigenvalue weighted by molar-refractivity contribution is 6.25. The summed E-state index contributed by atoms with van der Waals surface area (Å²) in [4.78, 5) is 44.3. The number of amides is 3. The van der Waals surface area contributed by atoms with Gasteiger partial charge in [-0.3, -0.25) is 14.4 Å². The van der Waals surface area contributed by atoms with E-state index < -0.39 is 5.91 Å². The molecule has 0 fully saturated rings. The number of fused-ring (bicyclic) bond motifs is 1. The number of imide groups is 1. The molecule has 0 unspecified atom stereocenters. The molecule has 1 aromatic heterocycles. The fourth-order valence-corrected chi connectivity index (χ4v) is 4.06. The molecule has 8 heteroatoms. The van der Waals surface area contributed by atoms with E-state index in [1.165, 1.54) is 13.5 Å². The third kappa shape index (κ3) is 4.17. The number of nitrogens with zero attached hydrogens (tertiary/aromatic N) is 2. The van der Waals surface area contributed by atoms with Crippen LogP contribution in [0, 0.1) is 6.92 Å². The summed E-state index contributed by atoms with van der Waals surface area (Å²) in [6.07, 6.45) is 2.99. The van der Waals surface area contributed by atoms with Crippen LogP contribution in [0.25, 0.3) is 11.3 Å². The van der Waals surface area contributed by atoms with Crippen LogP contribution in [0.3, 0.4) is 0 Å². The van der Waals surface area contributed by atoms with E-state index in [1.54, 1.807) is 60.8 Å². The lowest BCUT2D eigenvalue weighted by molar-refractivity contribution is -0.117. The Kier molecular flexibility index (Phi) is 5.62. The number of nitrogens with one attached hydrogen (secondary N) is 1. The quantitative estimate of drug-likeness (QED) is 0.429. The van der Waals surface area contributed by atoms with Crippen LogP contribution < -0.4 is 15.0 Å². The van der Waals surface area contributed by atoms with Crippen LogP contribution in [0.1, 0.15) is 31.8 Å². The molecule has 35 heavy (non-hydrogen) atoms. The number of carbonyl (C=O) groups excluding carboxylic acids is 3. The lowest BCUT2D eigenvalue weighted by Crippen LogP contribution is -2.42. The number of anilines is 2. The number of rotatable bonds is 5. The molecule has 0 spiro atoms. The molecule has 2 heterocycles. The van der Waals surface area contributed by atoms with E-state index in [0.717, 1.165) is 16.0 Å². The Hall–Kier alpha value is -4.72. The van der Waals surface area contributed by atoms with Gasteiger partial charge in [0.15, 0.2) is 12.2 Å². The zero-order valence-electron chi connectivity index (χ0n) is 19.1. The van der Waals surface area contributed by atoms with Crippen molar-refractivity contribution in [3.8, 4) is 17.1 Å². The molecule has 4 aromatic rings. The van der Waals surface area contributed by atoms with Gasteiger partial charge in [0.25, 0.3) is 11.8 Å². The minimum Gasteiger partial charge on any atom is -0.497 e. The summed E-state index contributed by atoms with van der Waals surface area (Å²) in [6, 6.07) is 17.2. The Labute approximate surface area is 201 Å². The summed E-state index contributed by atoms with van der Waals surface area (Å²) in [7, 11) is 1.52. The van der Waals surface area contributed by atoms with E-state index in [2.05, 4.69) is 10.3 Å². The number of aryl methyl sites for hydroxylation is 1. The molecule has 0 saturated carbocycles. The Morgan fingerprint density at radius 3 is 2.71 bits per heavy atom. The van der Waals surface area contributed by atoms with Crippen LogP contribution in [0.2, 0.25) is 0 Å². The van der Waals surface area contributed by atoms with Gasteiger partial charge in [-0.2, -0.15) is 0 Å². The molecular weight excluding hydrogens is 446 g/mol. The predicted octanol–water partition coefficient (Wildman–Crippen LogP) is 4.64. The first-order valence-electron chi connectivity index (χ1n) is 10.9. The van der Waals surface area contributed by atoms with E-state index in [9.17, 15) is 14.4 Å². The summed E-state index contributed by atoms with van der Waals surface area (Å²) in [5.41, 5.74) is 3.82. The van der Waals surface area contributed by atoms with E-state index in [-0.39, 0.29) is 18.2 Å². The molecule has 0 radical (unpaired) electrons. The van der Waals surface area contributed by atoms with Crippen LogP contribution in [0.5, 0.6) is 5.75 Å². The largest absolute Gasteiger partial charge is 0.497 e. The van der Waals surface area contributed by atoms with Gasteiger partial charge in [0, 0.05) is 22.4 Å². The molecule has 0 bridgehead atoms. The van der Waals surface area contributed by atoms with Crippen molar-refractivity contribution in [1.82, 2.24) is 4.98 Å². The third-order valence-corrected chi connectivity index (χ3v) is 5.89.